The average molecular weight is 503 g/mol. The Kier molecular flexibility index (Phi) is 8.73. The van der Waals surface area contributed by atoms with Crippen LogP contribution in [-0.4, -0.2) is 48.5 Å². The molecule has 0 saturated carbocycles. The molecule has 2 aliphatic rings. The third kappa shape index (κ3) is 7.21. The van der Waals surface area contributed by atoms with Gasteiger partial charge in [-0.15, -0.1) is 11.3 Å². The van der Waals surface area contributed by atoms with Crippen LogP contribution in [0, 0.1) is 11.8 Å². The quantitative estimate of drug-likeness (QED) is 0.356. The Morgan fingerprint density at radius 1 is 0.889 bits per heavy atom. The molecule has 5 rings (SSSR count). The van der Waals surface area contributed by atoms with Crippen molar-refractivity contribution in [2.45, 2.75) is 45.1 Å². The van der Waals surface area contributed by atoms with Crippen LogP contribution in [0.4, 0.5) is 0 Å². The zero-order valence-corrected chi connectivity index (χ0v) is 22.0. The fourth-order valence-corrected chi connectivity index (χ4v) is 6.30. The molecule has 2 fully saturated rings. The molecule has 0 bridgehead atoms. The van der Waals surface area contributed by atoms with Gasteiger partial charge in [-0.1, -0.05) is 48.5 Å². The molecule has 3 aromatic rings. The maximum Gasteiger partial charge on any atom is 0.227 e. The Morgan fingerprint density at radius 2 is 1.72 bits per heavy atom. The van der Waals surface area contributed by atoms with E-state index in [2.05, 4.69) is 59.5 Å². The molecule has 1 atom stereocenters. The summed E-state index contributed by atoms with van der Waals surface area (Å²) in [5.74, 6) is 2.40. The van der Waals surface area contributed by atoms with E-state index in [1.54, 1.807) is 11.3 Å². The van der Waals surface area contributed by atoms with Gasteiger partial charge in [0.15, 0.2) is 0 Å². The number of carbonyl (C=O) groups is 1. The molecule has 1 aromatic heterocycles. The van der Waals surface area contributed by atoms with E-state index in [0.717, 1.165) is 49.0 Å². The molecular weight excluding hydrogens is 464 g/mol. The van der Waals surface area contributed by atoms with Gasteiger partial charge in [0.25, 0.3) is 0 Å². The first kappa shape index (κ1) is 25.0. The number of thiophene rings is 1. The number of nitrogens with zero attached hydrogens (tertiary/aromatic N) is 2. The van der Waals surface area contributed by atoms with Crippen LogP contribution in [0.5, 0.6) is 5.75 Å². The molecule has 0 N–H and O–H groups in total. The third-order valence-corrected chi connectivity index (χ3v) is 8.52. The van der Waals surface area contributed by atoms with Gasteiger partial charge in [-0.05, 0) is 85.8 Å². The van der Waals surface area contributed by atoms with Crippen molar-refractivity contribution >= 4 is 17.2 Å². The SMILES string of the molecule is O=C(Cc1cccs1)N1CCC[C@H](COc2cccc(CN3CCC(Cc4ccccc4)CC3)c2)C1. The largest absolute Gasteiger partial charge is 0.493 e. The molecule has 3 heterocycles. The number of carbonyl (C=O) groups excluding carboxylic acids is 1. The molecule has 2 aromatic carbocycles. The summed E-state index contributed by atoms with van der Waals surface area (Å²) < 4.78 is 6.24. The normalized spacial score (nSPS) is 19.3. The molecule has 190 valence electrons. The van der Waals surface area contributed by atoms with Gasteiger partial charge in [0, 0.05) is 30.4 Å². The predicted molar refractivity (Wildman–Crippen MR) is 147 cm³/mol. The molecule has 2 saturated heterocycles. The first-order valence-electron chi connectivity index (χ1n) is 13.5. The minimum atomic E-state index is 0.247. The second kappa shape index (κ2) is 12.6. The summed E-state index contributed by atoms with van der Waals surface area (Å²) >= 11 is 1.66. The molecule has 4 nitrogen and oxygen atoms in total. The Hall–Kier alpha value is -2.63. The highest BCUT2D eigenvalue weighted by atomic mass is 32.1. The molecule has 5 heteroatoms. The van der Waals surface area contributed by atoms with Gasteiger partial charge in [0.05, 0.1) is 13.0 Å². The van der Waals surface area contributed by atoms with E-state index in [1.807, 2.05) is 22.4 Å². The van der Waals surface area contributed by atoms with E-state index < -0.39 is 0 Å². The first-order valence-corrected chi connectivity index (χ1v) is 14.4. The van der Waals surface area contributed by atoms with Gasteiger partial charge in [-0.2, -0.15) is 0 Å². The van der Waals surface area contributed by atoms with Crippen LogP contribution in [0.3, 0.4) is 0 Å². The summed E-state index contributed by atoms with van der Waals surface area (Å²) in [4.78, 5) is 18.5. The lowest BCUT2D eigenvalue weighted by atomic mass is 9.90. The topological polar surface area (TPSA) is 32.8 Å². The first-order chi connectivity index (χ1) is 17.7. The second-order valence-electron chi connectivity index (χ2n) is 10.5. The number of likely N-dealkylation sites (tertiary alicyclic amines) is 2. The van der Waals surface area contributed by atoms with Crippen molar-refractivity contribution in [3.8, 4) is 5.75 Å². The maximum atomic E-state index is 12.7. The van der Waals surface area contributed by atoms with Crippen molar-refractivity contribution in [1.82, 2.24) is 9.80 Å². The van der Waals surface area contributed by atoms with Crippen LogP contribution < -0.4 is 4.74 Å². The van der Waals surface area contributed by atoms with Gasteiger partial charge >= 0.3 is 0 Å². The Morgan fingerprint density at radius 3 is 2.53 bits per heavy atom. The van der Waals surface area contributed by atoms with Crippen LogP contribution in [0.2, 0.25) is 0 Å². The molecular formula is C31H38N2O2S. The van der Waals surface area contributed by atoms with Crippen LogP contribution >= 0.6 is 11.3 Å². The summed E-state index contributed by atoms with van der Waals surface area (Å²) in [6.45, 7) is 5.68. The molecule has 0 radical (unpaired) electrons. The monoisotopic (exact) mass is 502 g/mol. The molecule has 0 spiro atoms. The smallest absolute Gasteiger partial charge is 0.227 e. The van der Waals surface area contributed by atoms with Gasteiger partial charge in [0.2, 0.25) is 5.91 Å². The van der Waals surface area contributed by atoms with Gasteiger partial charge in [-0.3, -0.25) is 9.69 Å². The molecule has 0 unspecified atom stereocenters. The Labute approximate surface area is 219 Å². The van der Waals surface area contributed by atoms with E-state index in [4.69, 9.17) is 4.74 Å². The van der Waals surface area contributed by atoms with Gasteiger partial charge in [0.1, 0.15) is 5.75 Å². The van der Waals surface area contributed by atoms with E-state index in [1.165, 1.54) is 43.5 Å². The van der Waals surface area contributed by atoms with Crippen LogP contribution in [0.25, 0.3) is 0 Å². The van der Waals surface area contributed by atoms with E-state index >= 15 is 0 Å². The fraction of sp³-hybridized carbons (Fsp3) is 0.452. The average Bonchev–Trinajstić information content (AvgIpc) is 3.43. The van der Waals surface area contributed by atoms with Crippen molar-refractivity contribution in [1.29, 1.82) is 0 Å². The number of amides is 1. The van der Waals surface area contributed by atoms with Crippen molar-refractivity contribution < 1.29 is 9.53 Å². The summed E-state index contributed by atoms with van der Waals surface area (Å²) in [5, 5.41) is 2.04. The number of rotatable bonds is 9. The highest BCUT2D eigenvalue weighted by Crippen LogP contribution is 2.25. The van der Waals surface area contributed by atoms with Gasteiger partial charge in [-0.25, -0.2) is 0 Å². The highest BCUT2D eigenvalue weighted by Gasteiger charge is 2.24. The lowest BCUT2D eigenvalue weighted by Gasteiger charge is -2.33. The second-order valence-corrected chi connectivity index (χ2v) is 11.5. The number of hydrogen-bond donors (Lipinski definition) is 0. The van der Waals surface area contributed by atoms with Crippen molar-refractivity contribution in [3.63, 3.8) is 0 Å². The van der Waals surface area contributed by atoms with E-state index in [9.17, 15) is 4.79 Å². The minimum absolute atomic E-state index is 0.247. The molecule has 1 amide bonds. The maximum absolute atomic E-state index is 12.7. The van der Waals surface area contributed by atoms with Gasteiger partial charge < -0.3 is 9.64 Å². The summed E-state index contributed by atoms with van der Waals surface area (Å²) in [6, 6.07) is 23.6. The van der Waals surface area contributed by atoms with Crippen LogP contribution in [-0.2, 0) is 24.2 Å². The van der Waals surface area contributed by atoms with E-state index in [0.29, 0.717) is 18.9 Å². The number of benzene rings is 2. The Bertz CT molecular complexity index is 1080. The number of ether oxygens (including phenoxy) is 1. The lowest BCUT2D eigenvalue weighted by Crippen LogP contribution is -2.42. The van der Waals surface area contributed by atoms with E-state index in [-0.39, 0.29) is 5.91 Å². The predicted octanol–water partition coefficient (Wildman–Crippen LogP) is 6.06. The standard InChI is InChI=1S/C31H38N2O2S/c34-31(21-30-12-6-18-36-30)33-15-5-10-28(23-33)24-35-29-11-4-9-27(20-29)22-32-16-13-26(14-17-32)19-25-7-2-1-3-8-25/h1-4,6-9,11-12,18,20,26,28H,5,10,13-17,19,21-24H2/t28-/m0/s1. The fourth-order valence-electron chi connectivity index (χ4n) is 5.60. The number of piperidine rings is 2. The highest BCUT2D eigenvalue weighted by molar-refractivity contribution is 7.10. The third-order valence-electron chi connectivity index (χ3n) is 7.64. The van der Waals surface area contributed by atoms with Crippen molar-refractivity contribution in [2.24, 2.45) is 11.8 Å². The summed E-state index contributed by atoms with van der Waals surface area (Å²) in [5.41, 5.74) is 2.79. The lowest BCUT2D eigenvalue weighted by molar-refractivity contribution is -0.132. The molecule has 0 aliphatic carbocycles. The molecule has 36 heavy (non-hydrogen) atoms. The van der Waals surface area contributed by atoms with Crippen LogP contribution in [0.1, 0.15) is 41.7 Å². The minimum Gasteiger partial charge on any atom is -0.493 e. The zero-order chi connectivity index (χ0) is 24.6. The van der Waals surface area contributed by atoms with Crippen LogP contribution in [0.15, 0.2) is 72.1 Å². The number of hydrogen-bond acceptors (Lipinski definition) is 4. The van der Waals surface area contributed by atoms with Crippen molar-refractivity contribution in [2.75, 3.05) is 32.8 Å². The van der Waals surface area contributed by atoms with Crippen molar-refractivity contribution in [3.05, 3.63) is 88.1 Å². The molecule has 2 aliphatic heterocycles. The summed E-state index contributed by atoms with van der Waals surface area (Å²) in [6.07, 6.45) is 6.46. The zero-order valence-electron chi connectivity index (χ0n) is 21.2. The Balaban J connectivity index is 1.06. The summed E-state index contributed by atoms with van der Waals surface area (Å²) in [7, 11) is 0.